The molecule has 0 saturated carbocycles. The van der Waals surface area contributed by atoms with Gasteiger partial charge < -0.3 is 10.3 Å². The van der Waals surface area contributed by atoms with E-state index in [1.54, 1.807) is 18.2 Å². The SMILES string of the molecule is Cn1c(-c2c(N)n[nH]c2-c2ccccc2F)nc2ccccc21. The molecular weight excluding hydrogens is 293 g/mol. The number of para-hydroxylation sites is 2. The van der Waals surface area contributed by atoms with E-state index in [9.17, 15) is 4.39 Å². The third kappa shape index (κ3) is 1.99. The summed E-state index contributed by atoms with van der Waals surface area (Å²) in [6, 6.07) is 14.3. The van der Waals surface area contributed by atoms with E-state index in [4.69, 9.17) is 5.73 Å². The summed E-state index contributed by atoms with van der Waals surface area (Å²) in [4.78, 5) is 4.63. The topological polar surface area (TPSA) is 72.5 Å². The first-order valence-electron chi connectivity index (χ1n) is 7.17. The van der Waals surface area contributed by atoms with Crippen LogP contribution in [-0.2, 0) is 7.05 Å². The number of fused-ring (bicyclic) bond motifs is 1. The van der Waals surface area contributed by atoms with E-state index >= 15 is 0 Å². The van der Waals surface area contributed by atoms with Crippen LogP contribution in [-0.4, -0.2) is 19.7 Å². The maximum absolute atomic E-state index is 14.2. The number of hydrogen-bond acceptors (Lipinski definition) is 3. The van der Waals surface area contributed by atoms with E-state index in [1.165, 1.54) is 6.07 Å². The second-order valence-electron chi connectivity index (χ2n) is 5.32. The molecule has 2 aromatic carbocycles. The lowest BCUT2D eigenvalue weighted by atomic mass is 10.1. The first-order chi connectivity index (χ1) is 11.2. The second kappa shape index (κ2) is 4.95. The molecule has 0 aliphatic heterocycles. The van der Waals surface area contributed by atoms with Crippen LogP contribution >= 0.6 is 0 Å². The molecule has 0 radical (unpaired) electrons. The number of nitrogen functional groups attached to an aromatic ring is 1. The number of H-pyrrole nitrogens is 1. The molecular formula is C17H14FN5. The van der Waals surface area contributed by atoms with Crippen molar-refractivity contribution in [2.24, 2.45) is 7.05 Å². The fourth-order valence-electron chi connectivity index (χ4n) is 2.81. The van der Waals surface area contributed by atoms with Gasteiger partial charge in [-0.05, 0) is 24.3 Å². The fraction of sp³-hybridized carbons (Fsp3) is 0.0588. The van der Waals surface area contributed by atoms with Gasteiger partial charge in [-0.1, -0.05) is 24.3 Å². The summed E-state index contributed by atoms with van der Waals surface area (Å²) >= 11 is 0. The van der Waals surface area contributed by atoms with Crippen molar-refractivity contribution in [3.8, 4) is 22.6 Å². The van der Waals surface area contributed by atoms with Crippen molar-refractivity contribution in [3.05, 3.63) is 54.3 Å². The number of aryl methyl sites for hydroxylation is 1. The van der Waals surface area contributed by atoms with Crippen molar-refractivity contribution in [2.45, 2.75) is 0 Å². The predicted octanol–water partition coefficient (Wildman–Crippen LogP) is 3.35. The van der Waals surface area contributed by atoms with Gasteiger partial charge in [-0.3, -0.25) is 5.10 Å². The highest BCUT2D eigenvalue weighted by atomic mass is 19.1. The Morgan fingerprint density at radius 3 is 2.61 bits per heavy atom. The molecule has 0 spiro atoms. The van der Waals surface area contributed by atoms with Crippen LogP contribution in [0, 0.1) is 5.82 Å². The molecule has 0 bridgehead atoms. The minimum Gasteiger partial charge on any atom is -0.382 e. The third-order valence-corrected chi connectivity index (χ3v) is 3.95. The number of imidazole rings is 1. The summed E-state index contributed by atoms with van der Waals surface area (Å²) in [6.45, 7) is 0. The zero-order valence-corrected chi connectivity index (χ0v) is 12.4. The molecule has 0 unspecified atom stereocenters. The highest BCUT2D eigenvalue weighted by Gasteiger charge is 2.21. The number of aromatic amines is 1. The Bertz CT molecular complexity index is 1010. The number of nitrogens with one attached hydrogen (secondary N) is 1. The zero-order chi connectivity index (χ0) is 16.0. The smallest absolute Gasteiger partial charge is 0.156 e. The number of aromatic nitrogens is 4. The third-order valence-electron chi connectivity index (χ3n) is 3.95. The molecule has 0 saturated heterocycles. The van der Waals surface area contributed by atoms with Gasteiger partial charge in [0.1, 0.15) is 11.6 Å². The van der Waals surface area contributed by atoms with Crippen LogP contribution in [0.25, 0.3) is 33.7 Å². The van der Waals surface area contributed by atoms with Crippen LogP contribution in [0.15, 0.2) is 48.5 Å². The van der Waals surface area contributed by atoms with E-state index in [0.29, 0.717) is 28.5 Å². The maximum Gasteiger partial charge on any atom is 0.156 e. The Morgan fingerprint density at radius 2 is 1.83 bits per heavy atom. The average molecular weight is 307 g/mol. The van der Waals surface area contributed by atoms with Gasteiger partial charge in [-0.15, -0.1) is 0 Å². The van der Waals surface area contributed by atoms with Gasteiger partial charge in [0.25, 0.3) is 0 Å². The molecule has 5 nitrogen and oxygen atoms in total. The second-order valence-corrected chi connectivity index (χ2v) is 5.32. The van der Waals surface area contributed by atoms with E-state index in [2.05, 4.69) is 15.2 Å². The van der Waals surface area contributed by atoms with Gasteiger partial charge in [0.15, 0.2) is 5.82 Å². The number of halogens is 1. The summed E-state index contributed by atoms with van der Waals surface area (Å²) in [5, 5.41) is 6.89. The van der Waals surface area contributed by atoms with Crippen molar-refractivity contribution >= 4 is 16.9 Å². The molecule has 4 rings (SSSR count). The molecule has 0 aliphatic rings. The van der Waals surface area contributed by atoms with Gasteiger partial charge in [-0.2, -0.15) is 5.10 Å². The minimum atomic E-state index is -0.337. The maximum atomic E-state index is 14.2. The van der Waals surface area contributed by atoms with Crippen molar-refractivity contribution < 1.29 is 4.39 Å². The van der Waals surface area contributed by atoms with E-state index in [-0.39, 0.29) is 5.82 Å². The Balaban J connectivity index is 2.01. The van der Waals surface area contributed by atoms with Crippen LogP contribution in [0.2, 0.25) is 0 Å². The van der Waals surface area contributed by atoms with Gasteiger partial charge in [0.05, 0.1) is 22.3 Å². The lowest BCUT2D eigenvalue weighted by molar-refractivity contribution is 0.630. The number of hydrogen-bond donors (Lipinski definition) is 2. The Hall–Kier alpha value is -3.15. The molecule has 2 aromatic heterocycles. The summed E-state index contributed by atoms with van der Waals surface area (Å²) in [7, 11) is 1.90. The van der Waals surface area contributed by atoms with Crippen molar-refractivity contribution in [2.75, 3.05) is 5.73 Å². The molecule has 3 N–H and O–H groups in total. The van der Waals surface area contributed by atoms with Crippen molar-refractivity contribution in [1.29, 1.82) is 0 Å². The van der Waals surface area contributed by atoms with Gasteiger partial charge in [-0.25, -0.2) is 9.37 Å². The van der Waals surface area contributed by atoms with Gasteiger partial charge in [0, 0.05) is 12.6 Å². The lowest BCUT2D eigenvalue weighted by Gasteiger charge is -2.06. The van der Waals surface area contributed by atoms with Gasteiger partial charge in [0.2, 0.25) is 0 Å². The standard InChI is InChI=1S/C17H14FN5/c1-23-13-9-5-4-8-12(13)20-17(23)14-15(21-22-16(14)19)10-6-2-3-7-11(10)18/h2-9H,1H3,(H3,19,21,22). The van der Waals surface area contributed by atoms with E-state index < -0.39 is 0 Å². The van der Waals surface area contributed by atoms with Crippen LogP contribution in [0.1, 0.15) is 0 Å². The van der Waals surface area contributed by atoms with E-state index in [0.717, 1.165) is 11.0 Å². The van der Waals surface area contributed by atoms with Crippen LogP contribution in [0.4, 0.5) is 10.2 Å². The monoisotopic (exact) mass is 307 g/mol. The summed E-state index contributed by atoms with van der Waals surface area (Å²) < 4.78 is 16.1. The van der Waals surface area contributed by atoms with Gasteiger partial charge >= 0.3 is 0 Å². The lowest BCUT2D eigenvalue weighted by Crippen LogP contribution is -1.97. The van der Waals surface area contributed by atoms with E-state index in [1.807, 2.05) is 35.9 Å². The van der Waals surface area contributed by atoms with Crippen molar-refractivity contribution in [3.63, 3.8) is 0 Å². The molecule has 0 atom stereocenters. The Labute approximate surface area is 131 Å². The highest BCUT2D eigenvalue weighted by Crippen LogP contribution is 2.36. The number of nitrogens with two attached hydrogens (primary N) is 1. The molecule has 2 heterocycles. The average Bonchev–Trinajstić information content (AvgIpc) is 3.09. The number of anilines is 1. The quantitative estimate of drug-likeness (QED) is 0.596. The molecule has 23 heavy (non-hydrogen) atoms. The van der Waals surface area contributed by atoms with Crippen LogP contribution in [0.3, 0.4) is 0 Å². The Kier molecular flexibility index (Phi) is 2.90. The highest BCUT2D eigenvalue weighted by molar-refractivity contribution is 5.89. The minimum absolute atomic E-state index is 0.293. The summed E-state index contributed by atoms with van der Waals surface area (Å²) in [5.74, 6) is 0.605. The van der Waals surface area contributed by atoms with Crippen LogP contribution < -0.4 is 5.73 Å². The fourth-order valence-corrected chi connectivity index (χ4v) is 2.81. The first-order valence-corrected chi connectivity index (χ1v) is 7.17. The zero-order valence-electron chi connectivity index (χ0n) is 12.4. The normalized spacial score (nSPS) is 11.2. The molecule has 6 heteroatoms. The molecule has 0 amide bonds. The molecule has 4 aromatic rings. The summed E-state index contributed by atoms with van der Waals surface area (Å²) in [6.07, 6.45) is 0. The molecule has 114 valence electrons. The number of benzene rings is 2. The Morgan fingerprint density at radius 1 is 1.09 bits per heavy atom. The van der Waals surface area contributed by atoms with Crippen LogP contribution in [0.5, 0.6) is 0 Å². The summed E-state index contributed by atoms with van der Waals surface area (Å²) in [5.41, 5.74) is 9.41. The molecule has 0 aliphatic carbocycles. The first kappa shape index (κ1) is 13.5. The van der Waals surface area contributed by atoms with Crippen molar-refractivity contribution in [1.82, 2.24) is 19.7 Å². The predicted molar refractivity (Wildman–Crippen MR) is 88.1 cm³/mol. The number of nitrogens with zero attached hydrogens (tertiary/aromatic N) is 3. The largest absolute Gasteiger partial charge is 0.382 e. The number of rotatable bonds is 2. The molecule has 0 fully saturated rings.